The Morgan fingerprint density at radius 3 is 2.43 bits per heavy atom. The van der Waals surface area contributed by atoms with Crippen LogP contribution in [-0.4, -0.2) is 36.3 Å². The van der Waals surface area contributed by atoms with Gasteiger partial charge < -0.3 is 10.2 Å². The third-order valence-electron chi connectivity index (χ3n) is 5.21. The molecular formula is C19H26N2O2. The quantitative estimate of drug-likeness (QED) is 0.848. The topological polar surface area (TPSA) is 49.4 Å². The number of piperidine rings is 1. The summed E-state index contributed by atoms with van der Waals surface area (Å²) >= 11 is 0. The van der Waals surface area contributed by atoms with E-state index in [1.54, 1.807) is 0 Å². The van der Waals surface area contributed by atoms with E-state index >= 15 is 0 Å². The average molecular weight is 314 g/mol. The Morgan fingerprint density at radius 2 is 1.83 bits per heavy atom. The summed E-state index contributed by atoms with van der Waals surface area (Å²) in [6.07, 6.45) is 4.32. The monoisotopic (exact) mass is 314 g/mol. The Balaban J connectivity index is 1.51. The predicted octanol–water partition coefficient (Wildman–Crippen LogP) is 2.38. The Morgan fingerprint density at radius 1 is 1.17 bits per heavy atom. The van der Waals surface area contributed by atoms with Crippen molar-refractivity contribution < 1.29 is 9.59 Å². The van der Waals surface area contributed by atoms with E-state index in [-0.39, 0.29) is 11.8 Å². The lowest BCUT2D eigenvalue weighted by Crippen LogP contribution is -2.48. The Hall–Kier alpha value is -1.84. The summed E-state index contributed by atoms with van der Waals surface area (Å²) < 4.78 is 0. The van der Waals surface area contributed by atoms with E-state index in [4.69, 9.17) is 0 Å². The lowest BCUT2D eigenvalue weighted by atomic mass is 9.96. The van der Waals surface area contributed by atoms with Crippen LogP contribution in [0.1, 0.15) is 38.2 Å². The van der Waals surface area contributed by atoms with Crippen molar-refractivity contribution in [2.75, 3.05) is 19.6 Å². The van der Waals surface area contributed by atoms with E-state index in [0.29, 0.717) is 25.3 Å². The molecule has 0 atom stereocenters. The standard InChI is InChI=1S/C19H26N2O2/c1-15-8-13-21(14-9-15)18(23)19(10-11-19)17(22)20-12-7-16-5-3-2-4-6-16/h2-6,15H,7-14H2,1H3,(H,20,22). The first-order valence-corrected chi connectivity index (χ1v) is 8.73. The number of carbonyl (C=O) groups is 2. The summed E-state index contributed by atoms with van der Waals surface area (Å²) in [7, 11) is 0. The molecule has 0 bridgehead atoms. The molecule has 1 aromatic carbocycles. The number of likely N-dealkylation sites (tertiary alicyclic amines) is 1. The molecule has 4 nitrogen and oxygen atoms in total. The van der Waals surface area contributed by atoms with Gasteiger partial charge in [0.1, 0.15) is 5.41 Å². The second-order valence-electron chi connectivity index (χ2n) is 7.05. The maximum absolute atomic E-state index is 12.7. The van der Waals surface area contributed by atoms with Crippen molar-refractivity contribution in [1.29, 1.82) is 0 Å². The van der Waals surface area contributed by atoms with Gasteiger partial charge in [0, 0.05) is 19.6 Å². The van der Waals surface area contributed by atoms with Crippen LogP contribution in [0.3, 0.4) is 0 Å². The highest BCUT2D eigenvalue weighted by atomic mass is 16.2. The molecule has 0 unspecified atom stereocenters. The lowest BCUT2D eigenvalue weighted by molar-refractivity contribution is -0.145. The number of carbonyl (C=O) groups excluding carboxylic acids is 2. The molecule has 3 rings (SSSR count). The molecule has 23 heavy (non-hydrogen) atoms. The van der Waals surface area contributed by atoms with Crippen LogP contribution in [0.15, 0.2) is 30.3 Å². The molecule has 1 aliphatic heterocycles. The molecule has 1 N–H and O–H groups in total. The van der Waals surface area contributed by atoms with E-state index in [1.165, 1.54) is 5.56 Å². The Bertz CT molecular complexity index is 558. The van der Waals surface area contributed by atoms with Crippen molar-refractivity contribution in [2.45, 2.75) is 39.0 Å². The smallest absolute Gasteiger partial charge is 0.238 e. The summed E-state index contributed by atoms with van der Waals surface area (Å²) in [5, 5.41) is 2.98. The molecule has 2 fully saturated rings. The molecule has 2 aliphatic rings. The fraction of sp³-hybridized carbons (Fsp3) is 0.579. The van der Waals surface area contributed by atoms with Gasteiger partial charge in [-0.25, -0.2) is 0 Å². The minimum atomic E-state index is -0.753. The van der Waals surface area contributed by atoms with Gasteiger partial charge in [0.2, 0.25) is 11.8 Å². The van der Waals surface area contributed by atoms with Gasteiger partial charge in [0.15, 0.2) is 0 Å². The van der Waals surface area contributed by atoms with E-state index < -0.39 is 5.41 Å². The molecule has 124 valence electrons. The molecule has 1 aromatic rings. The summed E-state index contributed by atoms with van der Waals surface area (Å²) in [6.45, 7) is 4.43. The molecular weight excluding hydrogens is 288 g/mol. The van der Waals surface area contributed by atoms with Gasteiger partial charge in [-0.2, -0.15) is 0 Å². The number of benzene rings is 1. The molecule has 1 saturated carbocycles. The molecule has 4 heteroatoms. The highest BCUT2D eigenvalue weighted by Crippen LogP contribution is 2.48. The predicted molar refractivity (Wildman–Crippen MR) is 89.8 cm³/mol. The first-order chi connectivity index (χ1) is 11.1. The van der Waals surface area contributed by atoms with Gasteiger partial charge in [0.05, 0.1) is 0 Å². The van der Waals surface area contributed by atoms with Crippen LogP contribution < -0.4 is 5.32 Å². The Kier molecular flexibility index (Phi) is 4.69. The van der Waals surface area contributed by atoms with Gasteiger partial charge in [-0.1, -0.05) is 37.3 Å². The summed E-state index contributed by atoms with van der Waals surface area (Å²) in [5.41, 5.74) is 0.450. The molecule has 0 radical (unpaired) electrons. The largest absolute Gasteiger partial charge is 0.355 e. The average Bonchev–Trinajstić information content (AvgIpc) is 3.38. The van der Waals surface area contributed by atoms with Crippen LogP contribution in [0.25, 0.3) is 0 Å². The third kappa shape index (κ3) is 3.57. The summed E-state index contributed by atoms with van der Waals surface area (Å²) in [5.74, 6) is 0.674. The fourth-order valence-electron chi connectivity index (χ4n) is 3.31. The van der Waals surface area contributed by atoms with Crippen LogP contribution in [0.2, 0.25) is 0 Å². The van der Waals surface area contributed by atoms with Crippen LogP contribution in [0, 0.1) is 11.3 Å². The van der Waals surface area contributed by atoms with E-state index in [0.717, 1.165) is 32.4 Å². The first-order valence-electron chi connectivity index (χ1n) is 8.73. The molecule has 0 spiro atoms. The van der Waals surface area contributed by atoms with Crippen molar-refractivity contribution in [1.82, 2.24) is 10.2 Å². The highest BCUT2D eigenvalue weighted by molar-refractivity contribution is 6.07. The lowest BCUT2D eigenvalue weighted by Gasteiger charge is -2.32. The number of nitrogens with zero attached hydrogens (tertiary/aromatic N) is 1. The van der Waals surface area contributed by atoms with Crippen molar-refractivity contribution >= 4 is 11.8 Å². The van der Waals surface area contributed by atoms with Gasteiger partial charge in [-0.05, 0) is 43.6 Å². The third-order valence-corrected chi connectivity index (χ3v) is 5.21. The second-order valence-corrected chi connectivity index (χ2v) is 7.05. The SMILES string of the molecule is CC1CCN(C(=O)C2(C(=O)NCCc3ccccc3)CC2)CC1. The van der Waals surface area contributed by atoms with Crippen LogP contribution in [0.5, 0.6) is 0 Å². The molecule has 2 amide bonds. The van der Waals surface area contributed by atoms with Gasteiger partial charge in [-0.15, -0.1) is 0 Å². The molecule has 0 aromatic heterocycles. The van der Waals surface area contributed by atoms with Crippen LogP contribution in [0.4, 0.5) is 0 Å². The second kappa shape index (κ2) is 6.73. The number of hydrogen-bond acceptors (Lipinski definition) is 2. The summed E-state index contributed by atoms with van der Waals surface area (Å²) in [4.78, 5) is 27.1. The Labute approximate surface area is 138 Å². The van der Waals surface area contributed by atoms with Crippen molar-refractivity contribution in [3.63, 3.8) is 0 Å². The van der Waals surface area contributed by atoms with Crippen molar-refractivity contribution in [2.24, 2.45) is 11.3 Å². The zero-order chi connectivity index (χ0) is 16.3. The van der Waals surface area contributed by atoms with Crippen molar-refractivity contribution in [3.05, 3.63) is 35.9 Å². The zero-order valence-corrected chi connectivity index (χ0v) is 13.9. The number of hydrogen-bond donors (Lipinski definition) is 1. The minimum Gasteiger partial charge on any atom is -0.355 e. The van der Waals surface area contributed by atoms with Crippen molar-refractivity contribution in [3.8, 4) is 0 Å². The minimum absolute atomic E-state index is 0.0570. The van der Waals surface area contributed by atoms with Crippen LogP contribution >= 0.6 is 0 Å². The zero-order valence-electron chi connectivity index (χ0n) is 13.9. The van der Waals surface area contributed by atoms with E-state index in [9.17, 15) is 9.59 Å². The normalized spacial score (nSPS) is 20.1. The number of nitrogens with one attached hydrogen (secondary N) is 1. The summed E-state index contributed by atoms with van der Waals surface area (Å²) in [6, 6.07) is 10.1. The van der Waals surface area contributed by atoms with Gasteiger partial charge >= 0.3 is 0 Å². The van der Waals surface area contributed by atoms with E-state index in [1.807, 2.05) is 23.1 Å². The number of amides is 2. The maximum atomic E-state index is 12.7. The molecule has 1 saturated heterocycles. The van der Waals surface area contributed by atoms with Crippen LogP contribution in [-0.2, 0) is 16.0 Å². The molecule has 1 aliphatic carbocycles. The highest BCUT2D eigenvalue weighted by Gasteiger charge is 2.57. The van der Waals surface area contributed by atoms with Gasteiger partial charge in [-0.3, -0.25) is 9.59 Å². The number of rotatable bonds is 5. The molecule has 1 heterocycles. The van der Waals surface area contributed by atoms with Gasteiger partial charge in [0.25, 0.3) is 0 Å². The van der Waals surface area contributed by atoms with E-state index in [2.05, 4.69) is 24.4 Å². The maximum Gasteiger partial charge on any atom is 0.238 e. The fourth-order valence-corrected chi connectivity index (χ4v) is 3.31. The first kappa shape index (κ1) is 16.0.